The SMILES string of the molecule is CC(C)N1CCN(C(=O)NC2CCCC2C(=O)O)CC1. The molecule has 6 heteroatoms. The Kier molecular flexibility index (Phi) is 4.86. The monoisotopic (exact) mass is 283 g/mol. The van der Waals surface area contributed by atoms with Crippen LogP contribution in [-0.2, 0) is 4.79 Å². The number of aliphatic carboxylic acids is 1. The van der Waals surface area contributed by atoms with Crippen LogP contribution in [-0.4, -0.2) is 65.2 Å². The summed E-state index contributed by atoms with van der Waals surface area (Å²) in [4.78, 5) is 27.5. The highest BCUT2D eigenvalue weighted by molar-refractivity contribution is 5.77. The average molecular weight is 283 g/mol. The number of carbonyl (C=O) groups is 2. The fourth-order valence-electron chi connectivity index (χ4n) is 3.12. The Hall–Kier alpha value is -1.30. The minimum atomic E-state index is -0.794. The van der Waals surface area contributed by atoms with Gasteiger partial charge in [-0.1, -0.05) is 6.42 Å². The van der Waals surface area contributed by atoms with Crippen LogP contribution < -0.4 is 5.32 Å². The van der Waals surface area contributed by atoms with Gasteiger partial charge in [-0.05, 0) is 26.7 Å². The molecular formula is C14H25N3O3. The minimum Gasteiger partial charge on any atom is -0.481 e. The van der Waals surface area contributed by atoms with Crippen molar-refractivity contribution in [1.29, 1.82) is 0 Å². The van der Waals surface area contributed by atoms with E-state index in [1.165, 1.54) is 0 Å². The van der Waals surface area contributed by atoms with Crippen LogP contribution >= 0.6 is 0 Å². The zero-order valence-corrected chi connectivity index (χ0v) is 12.3. The third-order valence-electron chi connectivity index (χ3n) is 4.47. The third-order valence-corrected chi connectivity index (χ3v) is 4.47. The van der Waals surface area contributed by atoms with E-state index in [0.29, 0.717) is 25.6 Å². The number of nitrogens with zero attached hydrogens (tertiary/aromatic N) is 2. The van der Waals surface area contributed by atoms with Crippen molar-refractivity contribution in [1.82, 2.24) is 15.1 Å². The van der Waals surface area contributed by atoms with E-state index >= 15 is 0 Å². The lowest BCUT2D eigenvalue weighted by molar-refractivity contribution is -0.142. The summed E-state index contributed by atoms with van der Waals surface area (Å²) in [5.74, 6) is -1.21. The van der Waals surface area contributed by atoms with Crippen LogP contribution in [0.2, 0.25) is 0 Å². The molecule has 1 saturated heterocycles. The lowest BCUT2D eigenvalue weighted by Crippen LogP contribution is -2.55. The molecule has 2 unspecified atom stereocenters. The predicted octanol–water partition coefficient (Wildman–Crippen LogP) is 0.975. The van der Waals surface area contributed by atoms with Crippen molar-refractivity contribution in [2.75, 3.05) is 26.2 Å². The molecule has 2 atom stereocenters. The second-order valence-corrected chi connectivity index (χ2v) is 6.05. The van der Waals surface area contributed by atoms with Gasteiger partial charge in [0, 0.05) is 38.3 Å². The number of urea groups is 1. The molecule has 2 fully saturated rings. The summed E-state index contributed by atoms with van der Waals surface area (Å²) < 4.78 is 0. The number of hydrogen-bond donors (Lipinski definition) is 2. The lowest BCUT2D eigenvalue weighted by atomic mass is 10.0. The van der Waals surface area contributed by atoms with Crippen LogP contribution in [0.5, 0.6) is 0 Å². The Bertz CT molecular complexity index is 365. The normalized spacial score (nSPS) is 27.9. The molecule has 0 spiro atoms. The van der Waals surface area contributed by atoms with Gasteiger partial charge in [0.25, 0.3) is 0 Å². The van der Waals surface area contributed by atoms with Crippen LogP contribution in [0.4, 0.5) is 4.79 Å². The summed E-state index contributed by atoms with van der Waals surface area (Å²) in [6, 6.07) is 0.195. The van der Waals surface area contributed by atoms with Crippen molar-refractivity contribution in [3.05, 3.63) is 0 Å². The summed E-state index contributed by atoms with van der Waals surface area (Å²) in [6.45, 7) is 7.52. The summed E-state index contributed by atoms with van der Waals surface area (Å²) in [5.41, 5.74) is 0. The van der Waals surface area contributed by atoms with E-state index < -0.39 is 11.9 Å². The number of carboxylic acid groups (broad SMARTS) is 1. The molecule has 0 aromatic carbocycles. The number of hydrogen-bond acceptors (Lipinski definition) is 3. The molecule has 0 aromatic heterocycles. The Morgan fingerprint density at radius 2 is 1.80 bits per heavy atom. The van der Waals surface area contributed by atoms with E-state index in [4.69, 9.17) is 5.11 Å². The first kappa shape index (κ1) is 15.1. The molecule has 0 bridgehead atoms. The zero-order valence-electron chi connectivity index (χ0n) is 12.3. The van der Waals surface area contributed by atoms with Gasteiger partial charge < -0.3 is 15.3 Å². The summed E-state index contributed by atoms with van der Waals surface area (Å²) in [7, 11) is 0. The lowest BCUT2D eigenvalue weighted by Gasteiger charge is -2.37. The van der Waals surface area contributed by atoms with Crippen molar-refractivity contribution in [3.63, 3.8) is 0 Å². The molecule has 0 radical (unpaired) electrons. The molecule has 2 rings (SSSR count). The second kappa shape index (κ2) is 6.43. The molecule has 2 aliphatic rings. The van der Waals surface area contributed by atoms with Crippen LogP contribution in [0.1, 0.15) is 33.1 Å². The first-order valence-electron chi connectivity index (χ1n) is 7.51. The van der Waals surface area contributed by atoms with Crippen molar-refractivity contribution in [3.8, 4) is 0 Å². The van der Waals surface area contributed by atoms with E-state index in [9.17, 15) is 9.59 Å². The van der Waals surface area contributed by atoms with Gasteiger partial charge in [0.05, 0.1) is 5.92 Å². The van der Waals surface area contributed by atoms with E-state index in [2.05, 4.69) is 24.1 Å². The maximum absolute atomic E-state index is 12.2. The standard InChI is InChI=1S/C14H25N3O3/c1-10(2)16-6-8-17(9-7-16)14(20)15-12-5-3-4-11(12)13(18)19/h10-12H,3-9H2,1-2H3,(H,15,20)(H,18,19). The first-order valence-corrected chi connectivity index (χ1v) is 7.51. The van der Waals surface area contributed by atoms with Gasteiger partial charge in [0.15, 0.2) is 0 Å². The van der Waals surface area contributed by atoms with Gasteiger partial charge in [0.2, 0.25) is 0 Å². The van der Waals surface area contributed by atoms with Crippen molar-refractivity contribution >= 4 is 12.0 Å². The van der Waals surface area contributed by atoms with Gasteiger partial charge in [0.1, 0.15) is 0 Å². The van der Waals surface area contributed by atoms with Gasteiger partial charge >= 0.3 is 12.0 Å². The molecule has 0 aromatic rings. The van der Waals surface area contributed by atoms with Crippen LogP contribution in [0.3, 0.4) is 0 Å². The molecule has 1 aliphatic heterocycles. The second-order valence-electron chi connectivity index (χ2n) is 6.05. The number of amides is 2. The van der Waals surface area contributed by atoms with Crippen molar-refractivity contribution in [2.45, 2.75) is 45.2 Å². The van der Waals surface area contributed by atoms with Gasteiger partial charge in [-0.15, -0.1) is 0 Å². The third kappa shape index (κ3) is 3.42. The number of rotatable bonds is 3. The maximum atomic E-state index is 12.2. The summed E-state index contributed by atoms with van der Waals surface area (Å²) in [6.07, 6.45) is 2.32. The molecule has 20 heavy (non-hydrogen) atoms. The Labute approximate surface area is 120 Å². The van der Waals surface area contributed by atoms with E-state index in [1.54, 1.807) is 4.90 Å². The molecule has 1 heterocycles. The smallest absolute Gasteiger partial charge is 0.317 e. The molecule has 1 aliphatic carbocycles. The number of nitrogens with one attached hydrogen (secondary N) is 1. The van der Waals surface area contributed by atoms with Crippen LogP contribution in [0, 0.1) is 5.92 Å². The van der Waals surface area contributed by atoms with Crippen LogP contribution in [0.15, 0.2) is 0 Å². The highest BCUT2D eigenvalue weighted by atomic mass is 16.4. The van der Waals surface area contributed by atoms with Gasteiger partial charge in [-0.25, -0.2) is 4.79 Å². The van der Waals surface area contributed by atoms with E-state index in [-0.39, 0.29) is 12.1 Å². The highest BCUT2D eigenvalue weighted by Gasteiger charge is 2.35. The molecule has 2 N–H and O–H groups in total. The molecule has 6 nitrogen and oxygen atoms in total. The fraction of sp³-hybridized carbons (Fsp3) is 0.857. The topological polar surface area (TPSA) is 72.9 Å². The highest BCUT2D eigenvalue weighted by Crippen LogP contribution is 2.26. The minimum absolute atomic E-state index is 0.105. The summed E-state index contributed by atoms with van der Waals surface area (Å²) >= 11 is 0. The van der Waals surface area contributed by atoms with Gasteiger partial charge in [-0.3, -0.25) is 9.69 Å². The van der Waals surface area contributed by atoms with Crippen molar-refractivity contribution in [2.24, 2.45) is 5.92 Å². The molecule has 2 amide bonds. The number of piperazine rings is 1. The molecular weight excluding hydrogens is 258 g/mol. The average Bonchev–Trinajstić information content (AvgIpc) is 2.87. The largest absolute Gasteiger partial charge is 0.481 e. The quantitative estimate of drug-likeness (QED) is 0.809. The Balaban J connectivity index is 1.82. The van der Waals surface area contributed by atoms with Crippen molar-refractivity contribution < 1.29 is 14.7 Å². The van der Waals surface area contributed by atoms with Crippen LogP contribution in [0.25, 0.3) is 0 Å². The fourth-order valence-corrected chi connectivity index (χ4v) is 3.12. The zero-order chi connectivity index (χ0) is 14.7. The van der Waals surface area contributed by atoms with E-state index in [1.807, 2.05) is 0 Å². The van der Waals surface area contributed by atoms with E-state index in [0.717, 1.165) is 25.9 Å². The summed E-state index contributed by atoms with van der Waals surface area (Å²) in [5, 5.41) is 12.0. The molecule has 1 saturated carbocycles. The van der Waals surface area contributed by atoms with Gasteiger partial charge in [-0.2, -0.15) is 0 Å². The maximum Gasteiger partial charge on any atom is 0.317 e. The Morgan fingerprint density at radius 1 is 1.15 bits per heavy atom. The predicted molar refractivity (Wildman–Crippen MR) is 75.6 cm³/mol. The first-order chi connectivity index (χ1) is 9.49. The number of carbonyl (C=O) groups excluding carboxylic acids is 1. The molecule has 114 valence electrons. The number of carboxylic acids is 1. The Morgan fingerprint density at radius 3 is 2.35 bits per heavy atom.